The van der Waals surface area contributed by atoms with Crippen LogP contribution in [0.2, 0.25) is 0 Å². The van der Waals surface area contributed by atoms with Crippen LogP contribution in [0, 0.1) is 0 Å². The highest BCUT2D eigenvalue weighted by Crippen LogP contribution is 1.97. The smallest absolute Gasteiger partial charge is 0.303 e. The van der Waals surface area contributed by atoms with E-state index in [9.17, 15) is 9.59 Å². The van der Waals surface area contributed by atoms with E-state index in [1.54, 1.807) is 7.05 Å². The number of hydrogen-bond acceptors (Lipinski definition) is 3. The van der Waals surface area contributed by atoms with E-state index in [1.165, 1.54) is 4.90 Å². The lowest BCUT2D eigenvalue weighted by molar-refractivity contribution is -0.138. The van der Waals surface area contributed by atoms with Crippen molar-refractivity contribution in [3.63, 3.8) is 0 Å². The SMILES string of the molecule is CC[C@@H](N)C(=O)N(C)CCCC(=O)O. The molecule has 0 aromatic carbocycles. The summed E-state index contributed by atoms with van der Waals surface area (Å²) in [5.74, 6) is -0.969. The van der Waals surface area contributed by atoms with Crippen molar-refractivity contribution in [1.82, 2.24) is 4.90 Å². The first kappa shape index (κ1) is 12.9. The van der Waals surface area contributed by atoms with Crippen LogP contribution in [-0.4, -0.2) is 41.5 Å². The van der Waals surface area contributed by atoms with Gasteiger partial charge < -0.3 is 15.7 Å². The minimum Gasteiger partial charge on any atom is -0.481 e. The highest BCUT2D eigenvalue weighted by atomic mass is 16.4. The van der Waals surface area contributed by atoms with Gasteiger partial charge >= 0.3 is 5.97 Å². The highest BCUT2D eigenvalue weighted by molar-refractivity contribution is 5.81. The van der Waals surface area contributed by atoms with Crippen LogP contribution in [0.3, 0.4) is 0 Å². The van der Waals surface area contributed by atoms with Crippen LogP contribution in [0.5, 0.6) is 0 Å². The fraction of sp³-hybridized carbons (Fsp3) is 0.778. The van der Waals surface area contributed by atoms with E-state index in [4.69, 9.17) is 10.8 Å². The topological polar surface area (TPSA) is 83.6 Å². The number of amides is 1. The molecule has 0 radical (unpaired) electrons. The van der Waals surface area contributed by atoms with Gasteiger partial charge in [-0.05, 0) is 12.8 Å². The molecule has 82 valence electrons. The molecule has 1 amide bonds. The molecular weight excluding hydrogens is 184 g/mol. The number of carboxylic acid groups (broad SMARTS) is 1. The molecule has 0 aromatic rings. The fourth-order valence-corrected chi connectivity index (χ4v) is 1.04. The molecule has 0 aliphatic rings. The van der Waals surface area contributed by atoms with Crippen LogP contribution in [-0.2, 0) is 9.59 Å². The summed E-state index contributed by atoms with van der Waals surface area (Å²) in [7, 11) is 1.64. The zero-order chi connectivity index (χ0) is 11.1. The van der Waals surface area contributed by atoms with Gasteiger partial charge in [0.1, 0.15) is 0 Å². The number of carbonyl (C=O) groups is 2. The first-order valence-electron chi connectivity index (χ1n) is 4.71. The average Bonchev–Trinajstić information content (AvgIpc) is 2.14. The maximum absolute atomic E-state index is 11.4. The predicted octanol–water partition coefficient (Wildman–Crippen LogP) is 0.0469. The van der Waals surface area contributed by atoms with Gasteiger partial charge in [0.05, 0.1) is 6.04 Å². The maximum atomic E-state index is 11.4. The van der Waals surface area contributed by atoms with Gasteiger partial charge in [0.15, 0.2) is 0 Å². The molecule has 0 rings (SSSR count). The van der Waals surface area contributed by atoms with E-state index in [1.807, 2.05) is 6.92 Å². The number of likely N-dealkylation sites (N-methyl/N-ethyl adjacent to an activating group) is 1. The summed E-state index contributed by atoms with van der Waals surface area (Å²) in [6.07, 6.45) is 1.15. The van der Waals surface area contributed by atoms with Crippen molar-refractivity contribution in [2.24, 2.45) is 5.73 Å². The molecule has 0 bridgehead atoms. The third kappa shape index (κ3) is 4.81. The minimum atomic E-state index is -0.842. The second kappa shape index (κ2) is 6.37. The van der Waals surface area contributed by atoms with Gasteiger partial charge in [-0.1, -0.05) is 6.92 Å². The summed E-state index contributed by atoms with van der Waals surface area (Å²) in [5.41, 5.74) is 5.54. The lowest BCUT2D eigenvalue weighted by Gasteiger charge is -2.19. The van der Waals surface area contributed by atoms with Crippen molar-refractivity contribution < 1.29 is 14.7 Å². The summed E-state index contributed by atoms with van der Waals surface area (Å²) >= 11 is 0. The lowest BCUT2D eigenvalue weighted by Crippen LogP contribution is -2.41. The van der Waals surface area contributed by atoms with Crippen LogP contribution in [0.4, 0.5) is 0 Å². The Kier molecular flexibility index (Phi) is 5.87. The number of rotatable bonds is 6. The van der Waals surface area contributed by atoms with Gasteiger partial charge in [0.25, 0.3) is 0 Å². The fourth-order valence-electron chi connectivity index (χ4n) is 1.04. The van der Waals surface area contributed by atoms with E-state index in [0.29, 0.717) is 19.4 Å². The zero-order valence-electron chi connectivity index (χ0n) is 8.69. The van der Waals surface area contributed by atoms with Crippen molar-refractivity contribution in [2.45, 2.75) is 32.2 Å². The van der Waals surface area contributed by atoms with Crippen LogP contribution >= 0.6 is 0 Å². The molecule has 3 N–H and O–H groups in total. The highest BCUT2D eigenvalue weighted by Gasteiger charge is 2.15. The Labute approximate surface area is 83.9 Å². The molecule has 0 heterocycles. The van der Waals surface area contributed by atoms with Gasteiger partial charge in [0, 0.05) is 20.0 Å². The second-order valence-corrected chi connectivity index (χ2v) is 3.27. The summed E-state index contributed by atoms with van der Waals surface area (Å²) in [5, 5.41) is 8.39. The van der Waals surface area contributed by atoms with Crippen LogP contribution in [0.25, 0.3) is 0 Å². The van der Waals surface area contributed by atoms with Crippen molar-refractivity contribution >= 4 is 11.9 Å². The average molecular weight is 202 g/mol. The summed E-state index contributed by atoms with van der Waals surface area (Å²) in [6.45, 7) is 2.28. The molecular formula is C9H18N2O3. The first-order chi connectivity index (χ1) is 6.49. The standard InChI is InChI=1S/C9H18N2O3/c1-3-7(10)9(14)11(2)6-4-5-8(12)13/h7H,3-6,10H2,1-2H3,(H,12,13)/t7-/m1/s1. The van der Waals surface area contributed by atoms with Crippen LogP contribution in [0.1, 0.15) is 26.2 Å². The molecule has 0 unspecified atom stereocenters. The molecule has 14 heavy (non-hydrogen) atoms. The summed E-state index contributed by atoms with van der Waals surface area (Å²) in [6, 6.07) is -0.468. The lowest BCUT2D eigenvalue weighted by atomic mass is 10.2. The van der Waals surface area contributed by atoms with Crippen molar-refractivity contribution in [3.05, 3.63) is 0 Å². The van der Waals surface area contributed by atoms with Crippen molar-refractivity contribution in [3.8, 4) is 0 Å². The quantitative estimate of drug-likeness (QED) is 0.637. The van der Waals surface area contributed by atoms with Gasteiger partial charge in [0.2, 0.25) is 5.91 Å². The molecule has 0 saturated carbocycles. The van der Waals surface area contributed by atoms with Gasteiger partial charge in [-0.2, -0.15) is 0 Å². The molecule has 0 spiro atoms. The van der Waals surface area contributed by atoms with Gasteiger partial charge in [-0.25, -0.2) is 0 Å². The molecule has 0 saturated heterocycles. The largest absolute Gasteiger partial charge is 0.481 e. The Balaban J connectivity index is 3.78. The molecule has 0 aromatic heterocycles. The first-order valence-corrected chi connectivity index (χ1v) is 4.71. The Morgan fingerprint density at radius 2 is 2.07 bits per heavy atom. The van der Waals surface area contributed by atoms with Crippen LogP contribution in [0.15, 0.2) is 0 Å². The monoisotopic (exact) mass is 202 g/mol. The molecule has 0 aliphatic carbocycles. The van der Waals surface area contributed by atoms with E-state index in [2.05, 4.69) is 0 Å². The third-order valence-corrected chi connectivity index (χ3v) is 2.02. The Bertz CT molecular complexity index is 206. The summed E-state index contributed by atoms with van der Waals surface area (Å²) < 4.78 is 0. The number of nitrogens with two attached hydrogens (primary N) is 1. The molecule has 1 atom stereocenters. The Morgan fingerprint density at radius 3 is 2.50 bits per heavy atom. The number of hydrogen-bond donors (Lipinski definition) is 2. The zero-order valence-corrected chi connectivity index (χ0v) is 8.69. The number of aliphatic carboxylic acids is 1. The molecule has 5 heteroatoms. The van der Waals surface area contributed by atoms with E-state index < -0.39 is 12.0 Å². The normalized spacial score (nSPS) is 12.2. The number of nitrogens with zero attached hydrogens (tertiary/aromatic N) is 1. The van der Waals surface area contributed by atoms with Crippen molar-refractivity contribution in [1.29, 1.82) is 0 Å². The van der Waals surface area contributed by atoms with Crippen molar-refractivity contribution in [2.75, 3.05) is 13.6 Å². The van der Waals surface area contributed by atoms with Gasteiger partial charge in [-0.3, -0.25) is 9.59 Å². The number of carbonyl (C=O) groups excluding carboxylic acids is 1. The van der Waals surface area contributed by atoms with E-state index >= 15 is 0 Å². The maximum Gasteiger partial charge on any atom is 0.303 e. The van der Waals surface area contributed by atoms with Crippen LogP contribution < -0.4 is 5.73 Å². The van der Waals surface area contributed by atoms with Gasteiger partial charge in [-0.15, -0.1) is 0 Å². The second-order valence-electron chi connectivity index (χ2n) is 3.27. The van der Waals surface area contributed by atoms with E-state index in [0.717, 1.165) is 0 Å². The molecule has 5 nitrogen and oxygen atoms in total. The predicted molar refractivity (Wildman–Crippen MR) is 52.8 cm³/mol. The van der Waals surface area contributed by atoms with E-state index in [-0.39, 0.29) is 12.3 Å². The number of carboxylic acids is 1. The molecule has 0 fully saturated rings. The Morgan fingerprint density at radius 1 is 1.50 bits per heavy atom. The molecule has 0 aliphatic heterocycles. The summed E-state index contributed by atoms with van der Waals surface area (Å²) in [4.78, 5) is 23.1. The third-order valence-electron chi connectivity index (χ3n) is 2.02. The Hall–Kier alpha value is -1.10. The minimum absolute atomic E-state index is 0.0823.